The predicted molar refractivity (Wildman–Crippen MR) is 77.5 cm³/mol. The molecule has 2 aromatic carbocycles. The number of benzene rings is 2. The van der Waals surface area contributed by atoms with E-state index in [4.69, 9.17) is 9.47 Å². The Hall–Kier alpha value is -2.69. The van der Waals surface area contributed by atoms with E-state index in [-0.39, 0.29) is 18.9 Å². The van der Waals surface area contributed by atoms with Gasteiger partial charge in [-0.15, -0.1) is 0 Å². The van der Waals surface area contributed by atoms with Crippen LogP contribution in [0.3, 0.4) is 0 Å². The van der Waals surface area contributed by atoms with Gasteiger partial charge in [-0.2, -0.15) is 0 Å². The van der Waals surface area contributed by atoms with Crippen molar-refractivity contribution in [3.8, 4) is 11.5 Å². The van der Waals surface area contributed by atoms with E-state index in [2.05, 4.69) is 5.32 Å². The summed E-state index contributed by atoms with van der Waals surface area (Å²) in [6.45, 7) is 0.216. The van der Waals surface area contributed by atoms with Crippen molar-refractivity contribution in [2.75, 3.05) is 19.2 Å². The van der Waals surface area contributed by atoms with Crippen molar-refractivity contribution in [3.63, 3.8) is 0 Å². The molecule has 2 aromatic rings. The zero-order chi connectivity index (χ0) is 14.4. The zero-order valence-corrected chi connectivity index (χ0v) is 11.5. The predicted octanol–water partition coefficient (Wildman–Crippen LogP) is 2.61. The van der Waals surface area contributed by atoms with Gasteiger partial charge in [0.15, 0.2) is 11.5 Å². The second kappa shape index (κ2) is 4.41. The molecule has 21 heavy (non-hydrogen) atoms. The van der Waals surface area contributed by atoms with Crippen molar-refractivity contribution in [2.24, 2.45) is 0 Å². The minimum Gasteiger partial charge on any atom is -0.454 e. The molecule has 2 heterocycles. The fourth-order valence-corrected chi connectivity index (χ4v) is 2.80. The van der Waals surface area contributed by atoms with E-state index < -0.39 is 0 Å². The number of rotatable bonds is 1. The van der Waals surface area contributed by atoms with Crippen molar-refractivity contribution in [1.82, 2.24) is 4.90 Å². The highest BCUT2D eigenvalue weighted by atomic mass is 16.7. The minimum absolute atomic E-state index is 0.00846. The molecule has 0 bridgehead atoms. The Bertz CT molecular complexity index is 729. The lowest BCUT2D eigenvalue weighted by Gasteiger charge is -2.35. The number of nitrogens with one attached hydrogen (secondary N) is 1. The van der Waals surface area contributed by atoms with E-state index in [1.165, 1.54) is 0 Å². The Balaban J connectivity index is 1.81. The van der Waals surface area contributed by atoms with Crippen LogP contribution in [-0.4, -0.2) is 24.6 Å². The normalized spacial score (nSPS) is 19.2. The third kappa shape index (κ3) is 1.74. The topological polar surface area (TPSA) is 50.8 Å². The number of hydrogen-bond acceptors (Lipinski definition) is 4. The van der Waals surface area contributed by atoms with Crippen LogP contribution in [0.5, 0.6) is 11.5 Å². The molecule has 2 aliphatic heterocycles. The summed E-state index contributed by atoms with van der Waals surface area (Å²) in [6.07, 6.45) is -0.274. The molecular weight excluding hydrogens is 268 g/mol. The standard InChI is InChI=1S/C16H14N2O3/c1-18-15(11-6-4-8-13-14(11)21-9-20-13)17-12-7-3-2-5-10(12)16(18)19/h2-8,15,17H,9H2,1H3/t15-/m0/s1. The number of amides is 1. The number of nitrogens with zero attached hydrogens (tertiary/aromatic N) is 1. The number of para-hydroxylation sites is 2. The van der Waals surface area contributed by atoms with E-state index >= 15 is 0 Å². The monoisotopic (exact) mass is 282 g/mol. The summed E-state index contributed by atoms with van der Waals surface area (Å²) in [5, 5.41) is 3.39. The summed E-state index contributed by atoms with van der Waals surface area (Å²) < 4.78 is 11.0. The molecule has 0 fully saturated rings. The average Bonchev–Trinajstić information content (AvgIpc) is 2.99. The highest BCUT2D eigenvalue weighted by Crippen LogP contribution is 2.42. The van der Waals surface area contributed by atoms with Crippen molar-refractivity contribution >= 4 is 11.6 Å². The Morgan fingerprint density at radius 1 is 1.14 bits per heavy atom. The van der Waals surface area contributed by atoms with Crippen LogP contribution >= 0.6 is 0 Å². The fourth-order valence-electron chi connectivity index (χ4n) is 2.80. The molecular formula is C16H14N2O3. The SMILES string of the molecule is CN1C(=O)c2ccccc2N[C@@H]1c1cccc2c1OCO2. The molecule has 1 atom stereocenters. The summed E-state index contributed by atoms with van der Waals surface area (Å²) in [7, 11) is 1.78. The van der Waals surface area contributed by atoms with Gasteiger partial charge in [-0.05, 0) is 18.2 Å². The van der Waals surface area contributed by atoms with Gasteiger partial charge in [0, 0.05) is 18.3 Å². The first-order valence-corrected chi connectivity index (χ1v) is 6.77. The third-order valence-corrected chi connectivity index (χ3v) is 3.88. The van der Waals surface area contributed by atoms with Gasteiger partial charge < -0.3 is 19.7 Å². The lowest BCUT2D eigenvalue weighted by atomic mass is 10.0. The quantitative estimate of drug-likeness (QED) is 0.873. The lowest BCUT2D eigenvalue weighted by molar-refractivity contribution is 0.0733. The maximum Gasteiger partial charge on any atom is 0.257 e. The molecule has 0 aliphatic carbocycles. The molecule has 4 rings (SSSR count). The van der Waals surface area contributed by atoms with Crippen molar-refractivity contribution in [3.05, 3.63) is 53.6 Å². The highest BCUT2D eigenvalue weighted by molar-refractivity contribution is 6.01. The van der Waals surface area contributed by atoms with E-state index in [0.717, 1.165) is 11.3 Å². The molecule has 106 valence electrons. The Kier molecular flexibility index (Phi) is 2.54. The molecule has 0 unspecified atom stereocenters. The average molecular weight is 282 g/mol. The molecule has 0 spiro atoms. The first kappa shape index (κ1) is 12.1. The molecule has 5 heteroatoms. The molecule has 5 nitrogen and oxygen atoms in total. The number of carbonyl (C=O) groups excluding carboxylic acids is 1. The maximum absolute atomic E-state index is 12.5. The molecule has 0 radical (unpaired) electrons. The minimum atomic E-state index is -0.274. The van der Waals surface area contributed by atoms with Crippen LogP contribution in [0.1, 0.15) is 22.1 Å². The molecule has 0 saturated heterocycles. The summed E-state index contributed by atoms with van der Waals surface area (Å²) in [6, 6.07) is 13.2. The Morgan fingerprint density at radius 3 is 2.90 bits per heavy atom. The molecule has 0 aromatic heterocycles. The first-order chi connectivity index (χ1) is 10.3. The molecule has 2 aliphatic rings. The van der Waals surface area contributed by atoms with Crippen LogP contribution in [0.15, 0.2) is 42.5 Å². The number of ether oxygens (including phenoxy) is 2. The largest absolute Gasteiger partial charge is 0.454 e. The van der Waals surface area contributed by atoms with Gasteiger partial charge in [-0.1, -0.05) is 24.3 Å². The third-order valence-electron chi connectivity index (χ3n) is 3.88. The van der Waals surface area contributed by atoms with Gasteiger partial charge >= 0.3 is 0 Å². The molecule has 0 saturated carbocycles. The van der Waals surface area contributed by atoms with E-state index in [1.54, 1.807) is 11.9 Å². The van der Waals surface area contributed by atoms with Gasteiger partial charge in [0.2, 0.25) is 6.79 Å². The number of carbonyl (C=O) groups is 1. The summed E-state index contributed by atoms with van der Waals surface area (Å²) in [4.78, 5) is 14.2. The molecule has 1 N–H and O–H groups in total. The van der Waals surface area contributed by atoms with Crippen LogP contribution in [0.25, 0.3) is 0 Å². The number of hydrogen-bond donors (Lipinski definition) is 1. The van der Waals surface area contributed by atoms with E-state index in [9.17, 15) is 4.79 Å². The summed E-state index contributed by atoms with van der Waals surface area (Å²) >= 11 is 0. The van der Waals surface area contributed by atoms with Gasteiger partial charge in [-0.3, -0.25) is 4.79 Å². The van der Waals surface area contributed by atoms with Crippen LogP contribution in [0.4, 0.5) is 5.69 Å². The summed E-state index contributed by atoms with van der Waals surface area (Å²) in [5.74, 6) is 1.41. The number of fused-ring (bicyclic) bond motifs is 2. The lowest BCUT2D eigenvalue weighted by Crippen LogP contribution is -2.40. The van der Waals surface area contributed by atoms with Gasteiger partial charge in [0.25, 0.3) is 5.91 Å². The molecule has 1 amide bonds. The van der Waals surface area contributed by atoms with Crippen LogP contribution < -0.4 is 14.8 Å². The Morgan fingerprint density at radius 2 is 2.00 bits per heavy atom. The van der Waals surface area contributed by atoms with Gasteiger partial charge in [0.1, 0.15) is 6.17 Å². The zero-order valence-electron chi connectivity index (χ0n) is 11.5. The van der Waals surface area contributed by atoms with E-state index in [0.29, 0.717) is 17.1 Å². The van der Waals surface area contributed by atoms with Crippen LogP contribution in [0.2, 0.25) is 0 Å². The van der Waals surface area contributed by atoms with Crippen LogP contribution in [-0.2, 0) is 0 Å². The van der Waals surface area contributed by atoms with Crippen LogP contribution in [0, 0.1) is 0 Å². The second-order valence-electron chi connectivity index (χ2n) is 5.09. The first-order valence-electron chi connectivity index (χ1n) is 6.77. The maximum atomic E-state index is 12.5. The smallest absolute Gasteiger partial charge is 0.257 e. The summed E-state index contributed by atoms with van der Waals surface area (Å²) in [5.41, 5.74) is 2.42. The van der Waals surface area contributed by atoms with Crippen molar-refractivity contribution in [1.29, 1.82) is 0 Å². The number of anilines is 1. The van der Waals surface area contributed by atoms with E-state index in [1.807, 2.05) is 42.5 Å². The Labute approximate surface area is 122 Å². The van der Waals surface area contributed by atoms with Gasteiger partial charge in [-0.25, -0.2) is 0 Å². The highest BCUT2D eigenvalue weighted by Gasteiger charge is 2.33. The van der Waals surface area contributed by atoms with Crippen molar-refractivity contribution in [2.45, 2.75) is 6.17 Å². The second-order valence-corrected chi connectivity index (χ2v) is 5.09. The van der Waals surface area contributed by atoms with Gasteiger partial charge in [0.05, 0.1) is 5.56 Å². The van der Waals surface area contributed by atoms with Crippen molar-refractivity contribution < 1.29 is 14.3 Å². The fraction of sp³-hybridized carbons (Fsp3) is 0.188.